The number of amides is 1. The van der Waals surface area contributed by atoms with Gasteiger partial charge in [0.15, 0.2) is 13.2 Å². The number of rotatable bonds is 5. The summed E-state index contributed by atoms with van der Waals surface area (Å²) in [6.45, 7) is -0.560. The molecule has 1 amide bonds. The van der Waals surface area contributed by atoms with Gasteiger partial charge in [-0.05, 0) is 36.4 Å². The van der Waals surface area contributed by atoms with Crippen molar-refractivity contribution in [2.75, 3.05) is 18.1 Å². The average Bonchev–Trinajstić information content (AvgIpc) is 3.18. The molecule has 2 aromatic carbocycles. The number of esters is 1. The number of para-hydroxylation sites is 2. The van der Waals surface area contributed by atoms with Crippen molar-refractivity contribution >= 4 is 29.2 Å². The molecule has 28 heavy (non-hydrogen) atoms. The predicted octanol–water partition coefficient (Wildman–Crippen LogP) is 2.86. The van der Waals surface area contributed by atoms with Crippen molar-refractivity contribution in [2.45, 2.75) is 6.61 Å². The number of fused-ring (bicyclic) bond motifs is 1. The lowest BCUT2D eigenvalue weighted by atomic mass is 10.2. The number of benzene rings is 2. The number of aromatic nitrogens is 2. The molecule has 0 atom stereocenters. The largest absolute Gasteiger partial charge is 0.482 e. The van der Waals surface area contributed by atoms with E-state index in [4.69, 9.17) is 25.6 Å². The second-order valence-electron chi connectivity index (χ2n) is 5.92. The Morgan fingerprint density at radius 2 is 1.96 bits per heavy atom. The maximum Gasteiger partial charge on any atom is 0.326 e. The molecule has 2 heterocycles. The number of hydrogen-bond donors (Lipinski definition) is 0. The minimum atomic E-state index is -0.601. The normalized spacial score (nSPS) is 13.0. The number of ether oxygens (including phenoxy) is 2. The van der Waals surface area contributed by atoms with E-state index < -0.39 is 5.97 Å². The molecule has 1 aliphatic rings. The minimum Gasteiger partial charge on any atom is -0.482 e. The highest BCUT2D eigenvalue weighted by Gasteiger charge is 2.27. The van der Waals surface area contributed by atoms with Crippen LogP contribution in [0.25, 0.3) is 11.4 Å². The van der Waals surface area contributed by atoms with Crippen molar-refractivity contribution in [1.82, 2.24) is 10.1 Å². The molecular formula is C19H14ClN3O5. The molecule has 0 radical (unpaired) electrons. The second-order valence-corrected chi connectivity index (χ2v) is 6.35. The Labute approximate surface area is 164 Å². The summed E-state index contributed by atoms with van der Waals surface area (Å²) >= 11 is 5.85. The molecule has 4 rings (SSSR count). The smallest absolute Gasteiger partial charge is 0.326 e. The van der Waals surface area contributed by atoms with E-state index >= 15 is 0 Å². The summed E-state index contributed by atoms with van der Waals surface area (Å²) in [5.74, 6) is 0.126. The molecule has 0 saturated heterocycles. The third-order valence-electron chi connectivity index (χ3n) is 4.02. The van der Waals surface area contributed by atoms with Crippen LogP contribution in [0, 0.1) is 0 Å². The first kappa shape index (κ1) is 18.0. The summed E-state index contributed by atoms with van der Waals surface area (Å²) in [6, 6.07) is 13.9. The lowest BCUT2D eigenvalue weighted by Gasteiger charge is -2.28. The Kier molecular flexibility index (Phi) is 4.94. The van der Waals surface area contributed by atoms with Crippen molar-refractivity contribution in [3.8, 4) is 17.1 Å². The van der Waals surface area contributed by atoms with Gasteiger partial charge in [0.1, 0.15) is 12.3 Å². The summed E-state index contributed by atoms with van der Waals surface area (Å²) in [6.07, 6.45) is 0. The van der Waals surface area contributed by atoms with Crippen LogP contribution in [0.1, 0.15) is 5.89 Å². The van der Waals surface area contributed by atoms with Gasteiger partial charge in [0, 0.05) is 10.6 Å². The van der Waals surface area contributed by atoms with Gasteiger partial charge < -0.3 is 14.0 Å². The van der Waals surface area contributed by atoms with Gasteiger partial charge in [0.05, 0.1) is 5.69 Å². The maximum atomic E-state index is 12.2. The third-order valence-corrected chi connectivity index (χ3v) is 4.27. The van der Waals surface area contributed by atoms with E-state index in [0.717, 1.165) is 5.56 Å². The molecule has 0 N–H and O–H groups in total. The quantitative estimate of drug-likeness (QED) is 0.609. The van der Waals surface area contributed by atoms with E-state index in [9.17, 15) is 9.59 Å². The summed E-state index contributed by atoms with van der Waals surface area (Å²) in [5, 5.41) is 4.45. The summed E-state index contributed by atoms with van der Waals surface area (Å²) in [7, 11) is 0. The Balaban J connectivity index is 1.38. The number of anilines is 1. The van der Waals surface area contributed by atoms with Crippen molar-refractivity contribution in [3.63, 3.8) is 0 Å². The summed E-state index contributed by atoms with van der Waals surface area (Å²) in [5.41, 5.74) is 1.25. The standard InChI is InChI=1S/C19H14ClN3O5/c20-13-7-5-12(6-8-13)19-21-16(28-22-19)10-27-18(25)9-23-14-3-1-2-4-15(14)26-11-17(23)24/h1-8H,9-11H2. The van der Waals surface area contributed by atoms with Gasteiger partial charge in [-0.1, -0.05) is 28.9 Å². The van der Waals surface area contributed by atoms with E-state index in [1.165, 1.54) is 4.90 Å². The van der Waals surface area contributed by atoms with E-state index in [1.807, 2.05) is 0 Å². The Hall–Kier alpha value is -3.39. The average molecular weight is 400 g/mol. The zero-order chi connectivity index (χ0) is 19.5. The SMILES string of the molecule is O=C(CN1C(=O)COc2ccccc21)OCc1nc(-c2ccc(Cl)cc2)no1. The Morgan fingerprint density at radius 3 is 2.79 bits per heavy atom. The number of carbonyl (C=O) groups is 2. The van der Waals surface area contributed by atoms with E-state index in [2.05, 4.69) is 10.1 Å². The fraction of sp³-hybridized carbons (Fsp3) is 0.158. The molecule has 3 aromatic rings. The van der Waals surface area contributed by atoms with E-state index in [-0.39, 0.29) is 31.6 Å². The number of hydrogen-bond acceptors (Lipinski definition) is 7. The first-order valence-corrected chi connectivity index (χ1v) is 8.74. The van der Waals surface area contributed by atoms with Crippen LogP contribution in [0.4, 0.5) is 5.69 Å². The number of nitrogens with zero attached hydrogens (tertiary/aromatic N) is 3. The molecule has 0 saturated carbocycles. The van der Waals surface area contributed by atoms with Gasteiger partial charge in [-0.2, -0.15) is 4.98 Å². The monoisotopic (exact) mass is 399 g/mol. The highest BCUT2D eigenvalue weighted by Crippen LogP contribution is 2.31. The fourth-order valence-corrected chi connectivity index (χ4v) is 2.80. The van der Waals surface area contributed by atoms with Crippen LogP contribution >= 0.6 is 11.6 Å². The van der Waals surface area contributed by atoms with Gasteiger partial charge in [-0.25, -0.2) is 0 Å². The lowest BCUT2D eigenvalue weighted by Crippen LogP contribution is -2.42. The van der Waals surface area contributed by atoms with Crippen molar-refractivity contribution in [2.24, 2.45) is 0 Å². The molecule has 0 unspecified atom stereocenters. The fourth-order valence-electron chi connectivity index (χ4n) is 2.67. The van der Waals surface area contributed by atoms with Gasteiger partial charge in [-0.3, -0.25) is 14.5 Å². The topological polar surface area (TPSA) is 94.8 Å². The van der Waals surface area contributed by atoms with Crippen LogP contribution in [0.2, 0.25) is 5.02 Å². The molecule has 0 fully saturated rings. The van der Waals surface area contributed by atoms with Crippen molar-refractivity contribution in [1.29, 1.82) is 0 Å². The van der Waals surface area contributed by atoms with Crippen LogP contribution < -0.4 is 9.64 Å². The molecule has 142 valence electrons. The first-order chi connectivity index (χ1) is 13.6. The van der Waals surface area contributed by atoms with Crippen molar-refractivity contribution < 1.29 is 23.6 Å². The Morgan fingerprint density at radius 1 is 1.18 bits per heavy atom. The van der Waals surface area contributed by atoms with Gasteiger partial charge in [0.25, 0.3) is 11.8 Å². The predicted molar refractivity (Wildman–Crippen MR) is 98.8 cm³/mol. The number of halogens is 1. The van der Waals surface area contributed by atoms with Gasteiger partial charge in [-0.15, -0.1) is 0 Å². The second kappa shape index (κ2) is 7.69. The van der Waals surface area contributed by atoms with Crippen LogP contribution in [0.3, 0.4) is 0 Å². The Bertz CT molecular complexity index is 1020. The summed E-state index contributed by atoms with van der Waals surface area (Å²) in [4.78, 5) is 29.8. The van der Waals surface area contributed by atoms with Gasteiger partial charge in [0.2, 0.25) is 5.82 Å². The van der Waals surface area contributed by atoms with Crippen molar-refractivity contribution in [3.05, 3.63) is 59.4 Å². The molecule has 0 aliphatic carbocycles. The molecule has 8 nitrogen and oxygen atoms in total. The van der Waals surface area contributed by atoms with E-state index in [0.29, 0.717) is 22.3 Å². The highest BCUT2D eigenvalue weighted by molar-refractivity contribution is 6.30. The lowest BCUT2D eigenvalue weighted by molar-refractivity contribution is -0.145. The minimum absolute atomic E-state index is 0.127. The molecule has 0 spiro atoms. The first-order valence-electron chi connectivity index (χ1n) is 8.36. The summed E-state index contributed by atoms with van der Waals surface area (Å²) < 4.78 is 15.6. The van der Waals surface area contributed by atoms with Crippen LogP contribution in [-0.4, -0.2) is 35.2 Å². The van der Waals surface area contributed by atoms with Crippen LogP contribution in [0.5, 0.6) is 5.75 Å². The molecular weight excluding hydrogens is 386 g/mol. The zero-order valence-electron chi connectivity index (χ0n) is 14.5. The third kappa shape index (κ3) is 3.81. The van der Waals surface area contributed by atoms with E-state index in [1.54, 1.807) is 48.5 Å². The van der Waals surface area contributed by atoms with Crippen LogP contribution in [0.15, 0.2) is 53.1 Å². The highest BCUT2D eigenvalue weighted by atomic mass is 35.5. The van der Waals surface area contributed by atoms with Crippen LogP contribution in [-0.2, 0) is 20.9 Å². The zero-order valence-corrected chi connectivity index (χ0v) is 15.3. The molecule has 0 bridgehead atoms. The van der Waals surface area contributed by atoms with Gasteiger partial charge >= 0.3 is 5.97 Å². The number of carbonyl (C=O) groups excluding carboxylic acids is 2. The molecule has 9 heteroatoms. The molecule has 1 aliphatic heterocycles. The molecule has 1 aromatic heterocycles. The maximum absolute atomic E-state index is 12.2.